The summed E-state index contributed by atoms with van der Waals surface area (Å²) in [6.45, 7) is -0.409. The molecule has 1 aromatic carbocycles. The zero-order valence-electron chi connectivity index (χ0n) is 7.46. The number of carbonyl (C=O) groups is 2. The molecule has 6 heteroatoms. The van der Waals surface area contributed by atoms with Crippen molar-refractivity contribution in [1.29, 1.82) is 0 Å². The number of benzene rings is 1. The van der Waals surface area contributed by atoms with Crippen LogP contribution in [-0.4, -0.2) is 23.5 Å². The van der Waals surface area contributed by atoms with E-state index in [0.29, 0.717) is 15.1 Å². The number of carboxylic acids is 1. The van der Waals surface area contributed by atoms with Gasteiger partial charge in [0, 0.05) is 9.50 Å². The van der Waals surface area contributed by atoms with Gasteiger partial charge in [-0.3, -0.25) is 9.59 Å². The average molecular weight is 293 g/mol. The first-order valence-electron chi connectivity index (χ1n) is 3.95. The van der Waals surface area contributed by atoms with Gasteiger partial charge >= 0.3 is 5.97 Å². The lowest BCUT2D eigenvalue weighted by Crippen LogP contribution is -2.29. The van der Waals surface area contributed by atoms with E-state index in [2.05, 4.69) is 21.2 Å². The maximum atomic E-state index is 11.4. The van der Waals surface area contributed by atoms with Crippen LogP contribution in [0.2, 0.25) is 5.02 Å². The maximum absolute atomic E-state index is 11.4. The Labute approximate surface area is 99.4 Å². The second kappa shape index (κ2) is 5.14. The van der Waals surface area contributed by atoms with Crippen LogP contribution in [0.1, 0.15) is 10.4 Å². The smallest absolute Gasteiger partial charge is 0.322 e. The predicted molar refractivity (Wildman–Crippen MR) is 59.1 cm³/mol. The number of rotatable bonds is 3. The largest absolute Gasteiger partial charge is 0.480 e. The molecule has 0 bridgehead atoms. The van der Waals surface area contributed by atoms with Crippen LogP contribution in [0.3, 0.4) is 0 Å². The van der Waals surface area contributed by atoms with E-state index in [1.54, 1.807) is 12.1 Å². The summed E-state index contributed by atoms with van der Waals surface area (Å²) >= 11 is 8.86. The quantitative estimate of drug-likeness (QED) is 0.894. The standard InChI is InChI=1S/C9H7BrClNO3/c10-7-3-5(11)1-2-6(7)9(15)12-4-8(13)14/h1-3H,4H2,(H,12,15)(H,13,14). The first kappa shape index (κ1) is 12.0. The van der Waals surface area contributed by atoms with E-state index in [0.717, 1.165) is 0 Å². The lowest BCUT2D eigenvalue weighted by atomic mass is 10.2. The Kier molecular flexibility index (Phi) is 4.11. The van der Waals surface area contributed by atoms with Crippen LogP contribution in [0.4, 0.5) is 0 Å². The van der Waals surface area contributed by atoms with E-state index in [-0.39, 0.29) is 0 Å². The molecule has 4 nitrogen and oxygen atoms in total. The van der Waals surface area contributed by atoms with Crippen LogP contribution in [0.15, 0.2) is 22.7 Å². The highest BCUT2D eigenvalue weighted by Gasteiger charge is 2.10. The number of nitrogens with one attached hydrogen (secondary N) is 1. The van der Waals surface area contributed by atoms with Crippen molar-refractivity contribution in [2.75, 3.05) is 6.54 Å². The fourth-order valence-corrected chi connectivity index (χ4v) is 1.79. The minimum atomic E-state index is -1.09. The first-order valence-corrected chi connectivity index (χ1v) is 5.13. The highest BCUT2D eigenvalue weighted by Crippen LogP contribution is 2.21. The molecule has 1 rings (SSSR count). The third-order valence-electron chi connectivity index (χ3n) is 1.58. The molecular weight excluding hydrogens is 285 g/mol. The van der Waals surface area contributed by atoms with Gasteiger partial charge in [-0.25, -0.2) is 0 Å². The molecule has 1 aromatic rings. The molecule has 0 saturated heterocycles. The van der Waals surface area contributed by atoms with Gasteiger partial charge in [0.25, 0.3) is 5.91 Å². The van der Waals surface area contributed by atoms with Gasteiger partial charge in [0.05, 0.1) is 5.56 Å². The van der Waals surface area contributed by atoms with Crippen molar-refractivity contribution in [2.45, 2.75) is 0 Å². The molecule has 0 unspecified atom stereocenters. The van der Waals surface area contributed by atoms with Crippen LogP contribution >= 0.6 is 27.5 Å². The summed E-state index contributed by atoms with van der Waals surface area (Å²) in [5, 5.41) is 11.1. The molecule has 0 fully saturated rings. The molecule has 80 valence electrons. The summed E-state index contributed by atoms with van der Waals surface area (Å²) in [4.78, 5) is 21.7. The second-order valence-electron chi connectivity index (χ2n) is 2.70. The Balaban J connectivity index is 2.78. The van der Waals surface area contributed by atoms with E-state index in [9.17, 15) is 9.59 Å². The molecule has 0 spiro atoms. The van der Waals surface area contributed by atoms with Crippen LogP contribution in [0.5, 0.6) is 0 Å². The van der Waals surface area contributed by atoms with Gasteiger partial charge in [-0.1, -0.05) is 11.6 Å². The maximum Gasteiger partial charge on any atom is 0.322 e. The molecule has 0 aliphatic heterocycles. The summed E-state index contributed by atoms with van der Waals surface area (Å²) in [5.74, 6) is -1.55. The van der Waals surface area contributed by atoms with Crippen molar-refractivity contribution in [3.63, 3.8) is 0 Å². The molecule has 0 atom stereocenters. The monoisotopic (exact) mass is 291 g/mol. The predicted octanol–water partition coefficient (Wildman–Crippen LogP) is 1.92. The van der Waals surface area contributed by atoms with Crippen molar-refractivity contribution in [1.82, 2.24) is 5.32 Å². The molecule has 15 heavy (non-hydrogen) atoms. The fraction of sp³-hybridized carbons (Fsp3) is 0.111. The molecule has 0 aliphatic carbocycles. The highest BCUT2D eigenvalue weighted by molar-refractivity contribution is 9.10. The number of halogens is 2. The lowest BCUT2D eigenvalue weighted by molar-refractivity contribution is -0.135. The van der Waals surface area contributed by atoms with Crippen LogP contribution < -0.4 is 5.32 Å². The van der Waals surface area contributed by atoms with Gasteiger partial charge in [0.2, 0.25) is 0 Å². The SMILES string of the molecule is O=C(O)CNC(=O)c1ccc(Cl)cc1Br. The molecule has 0 aliphatic rings. The van der Waals surface area contributed by atoms with Gasteiger partial charge in [0.1, 0.15) is 6.54 Å². The molecular formula is C9H7BrClNO3. The Morgan fingerprint density at radius 2 is 2.13 bits per heavy atom. The fourth-order valence-electron chi connectivity index (χ4n) is 0.925. The van der Waals surface area contributed by atoms with E-state index < -0.39 is 18.4 Å². The third-order valence-corrected chi connectivity index (χ3v) is 2.47. The van der Waals surface area contributed by atoms with Crippen molar-refractivity contribution < 1.29 is 14.7 Å². The Hall–Kier alpha value is -1.07. The van der Waals surface area contributed by atoms with Crippen molar-refractivity contribution in [2.24, 2.45) is 0 Å². The van der Waals surface area contributed by atoms with Gasteiger partial charge in [-0.05, 0) is 34.1 Å². The molecule has 0 aromatic heterocycles. The van der Waals surface area contributed by atoms with Gasteiger partial charge in [-0.15, -0.1) is 0 Å². The van der Waals surface area contributed by atoms with Gasteiger partial charge in [-0.2, -0.15) is 0 Å². The van der Waals surface area contributed by atoms with E-state index >= 15 is 0 Å². The van der Waals surface area contributed by atoms with Crippen molar-refractivity contribution in [3.8, 4) is 0 Å². The Morgan fingerprint density at radius 1 is 1.47 bits per heavy atom. The van der Waals surface area contributed by atoms with E-state index in [1.807, 2.05) is 0 Å². The van der Waals surface area contributed by atoms with Crippen LogP contribution in [0, 0.1) is 0 Å². The van der Waals surface area contributed by atoms with E-state index in [1.165, 1.54) is 6.07 Å². The topological polar surface area (TPSA) is 66.4 Å². The van der Waals surface area contributed by atoms with Gasteiger partial charge in [0.15, 0.2) is 0 Å². The zero-order chi connectivity index (χ0) is 11.4. The molecule has 0 heterocycles. The number of amides is 1. The summed E-state index contributed by atoms with van der Waals surface area (Å²) in [7, 11) is 0. The average Bonchev–Trinajstić information content (AvgIpc) is 2.14. The lowest BCUT2D eigenvalue weighted by Gasteiger charge is -2.04. The van der Waals surface area contributed by atoms with Crippen molar-refractivity contribution >= 4 is 39.4 Å². The molecule has 0 saturated carbocycles. The van der Waals surface area contributed by atoms with Crippen molar-refractivity contribution in [3.05, 3.63) is 33.3 Å². The highest BCUT2D eigenvalue weighted by atomic mass is 79.9. The summed E-state index contributed by atoms with van der Waals surface area (Å²) in [6, 6.07) is 4.64. The summed E-state index contributed by atoms with van der Waals surface area (Å²) < 4.78 is 0.526. The van der Waals surface area contributed by atoms with Crippen LogP contribution in [0.25, 0.3) is 0 Å². The minimum Gasteiger partial charge on any atom is -0.480 e. The molecule has 2 N–H and O–H groups in total. The number of hydrogen-bond acceptors (Lipinski definition) is 2. The zero-order valence-corrected chi connectivity index (χ0v) is 9.80. The van der Waals surface area contributed by atoms with Crippen LogP contribution in [-0.2, 0) is 4.79 Å². The number of hydrogen-bond donors (Lipinski definition) is 2. The second-order valence-corrected chi connectivity index (χ2v) is 3.99. The normalized spacial score (nSPS) is 9.73. The Morgan fingerprint density at radius 3 is 2.67 bits per heavy atom. The number of carbonyl (C=O) groups excluding carboxylic acids is 1. The summed E-state index contributed by atoms with van der Waals surface area (Å²) in [5.41, 5.74) is 0.348. The minimum absolute atomic E-state index is 0.348. The molecule has 1 amide bonds. The summed E-state index contributed by atoms with van der Waals surface area (Å²) in [6.07, 6.45) is 0. The first-order chi connectivity index (χ1) is 7.00. The number of aliphatic carboxylic acids is 1. The van der Waals surface area contributed by atoms with Gasteiger partial charge < -0.3 is 10.4 Å². The molecule has 0 radical (unpaired) electrons. The third kappa shape index (κ3) is 3.53. The van der Waals surface area contributed by atoms with E-state index in [4.69, 9.17) is 16.7 Å². The number of carboxylic acid groups (broad SMARTS) is 1. The Bertz CT molecular complexity index is 408.